The monoisotopic (exact) mass is 471 g/mol. The highest BCUT2D eigenvalue weighted by molar-refractivity contribution is 5.76. The smallest absolute Gasteiger partial charge is 0.224 e. The Balaban J connectivity index is 1.24. The van der Waals surface area contributed by atoms with E-state index >= 15 is 0 Å². The zero-order valence-corrected chi connectivity index (χ0v) is 20.0. The van der Waals surface area contributed by atoms with Crippen molar-refractivity contribution >= 4 is 5.91 Å². The van der Waals surface area contributed by atoms with Crippen LogP contribution in [0.25, 0.3) is 33.6 Å². The topological polar surface area (TPSA) is 91.0 Å². The molecule has 9 heteroatoms. The van der Waals surface area contributed by atoms with E-state index in [1.54, 1.807) is 11.8 Å². The summed E-state index contributed by atoms with van der Waals surface area (Å²) < 4.78 is 8.82. The summed E-state index contributed by atoms with van der Waals surface area (Å²) in [5.74, 6) is 0.840. The molecule has 4 heterocycles. The molecule has 0 saturated carbocycles. The molecule has 0 atom stereocenters. The van der Waals surface area contributed by atoms with Gasteiger partial charge in [0.1, 0.15) is 0 Å². The largest absolute Gasteiger partial charge is 0.384 e. The predicted octanol–water partition coefficient (Wildman–Crippen LogP) is 3.61. The van der Waals surface area contributed by atoms with Crippen LogP contribution >= 0.6 is 0 Å². The minimum atomic E-state index is 0.162. The van der Waals surface area contributed by atoms with Crippen molar-refractivity contribution in [1.82, 2.24) is 34.4 Å². The Bertz CT molecular complexity index is 1290. The fourth-order valence-corrected chi connectivity index (χ4v) is 4.45. The molecule has 1 saturated heterocycles. The van der Waals surface area contributed by atoms with E-state index in [2.05, 4.69) is 38.5 Å². The second-order valence-corrected chi connectivity index (χ2v) is 8.84. The molecule has 1 aliphatic heterocycles. The summed E-state index contributed by atoms with van der Waals surface area (Å²) in [6, 6.07) is 8.44. The summed E-state index contributed by atoms with van der Waals surface area (Å²) in [5.41, 5.74) is 5.01. The Morgan fingerprint density at radius 2 is 1.66 bits per heavy atom. The van der Waals surface area contributed by atoms with Crippen LogP contribution in [0.4, 0.5) is 0 Å². The van der Waals surface area contributed by atoms with Gasteiger partial charge in [0.05, 0.1) is 31.5 Å². The van der Waals surface area contributed by atoms with Crippen molar-refractivity contribution in [2.45, 2.75) is 25.3 Å². The summed E-state index contributed by atoms with van der Waals surface area (Å²) in [4.78, 5) is 23.4. The van der Waals surface area contributed by atoms with Crippen LogP contribution in [0.5, 0.6) is 0 Å². The minimum Gasteiger partial charge on any atom is -0.384 e. The number of methoxy groups -OCH3 is 1. The number of piperidine rings is 1. The molecule has 1 amide bonds. The van der Waals surface area contributed by atoms with Crippen LogP contribution in [0.1, 0.15) is 25.3 Å². The second-order valence-electron chi connectivity index (χ2n) is 8.84. The Morgan fingerprint density at radius 3 is 2.37 bits per heavy atom. The van der Waals surface area contributed by atoms with Gasteiger partial charge in [-0.25, -0.2) is 9.97 Å². The lowest BCUT2D eigenvalue weighted by Gasteiger charge is -2.32. The highest BCUT2D eigenvalue weighted by Crippen LogP contribution is 2.27. The number of aryl methyl sites for hydroxylation is 1. The highest BCUT2D eigenvalue weighted by atomic mass is 16.5. The maximum atomic E-state index is 12.2. The van der Waals surface area contributed by atoms with Crippen LogP contribution < -0.4 is 0 Å². The molecule has 0 radical (unpaired) electrons. The number of hydrogen-bond acceptors (Lipinski definition) is 6. The number of hydrogen-bond donors (Lipinski definition) is 0. The first-order valence-electron chi connectivity index (χ1n) is 11.8. The predicted molar refractivity (Wildman–Crippen MR) is 132 cm³/mol. The first-order chi connectivity index (χ1) is 17.1. The maximum absolute atomic E-state index is 12.2. The number of carbonyl (C=O) groups is 1. The van der Waals surface area contributed by atoms with E-state index in [4.69, 9.17) is 4.74 Å². The van der Waals surface area contributed by atoms with Crippen LogP contribution in [0, 0.1) is 0 Å². The molecular formula is C26H29N7O2. The van der Waals surface area contributed by atoms with Gasteiger partial charge in [-0.3, -0.25) is 14.2 Å². The summed E-state index contributed by atoms with van der Waals surface area (Å²) in [6.07, 6.45) is 13.7. The van der Waals surface area contributed by atoms with Gasteiger partial charge in [0.2, 0.25) is 5.91 Å². The van der Waals surface area contributed by atoms with Gasteiger partial charge in [-0.15, -0.1) is 0 Å². The highest BCUT2D eigenvalue weighted by Gasteiger charge is 2.24. The van der Waals surface area contributed by atoms with E-state index in [1.807, 2.05) is 59.7 Å². The van der Waals surface area contributed by atoms with Gasteiger partial charge in [-0.2, -0.15) is 10.2 Å². The van der Waals surface area contributed by atoms with Gasteiger partial charge < -0.3 is 9.64 Å². The van der Waals surface area contributed by atoms with Crippen LogP contribution in [0.2, 0.25) is 0 Å². The fraction of sp³-hybridized carbons (Fsp3) is 0.346. The van der Waals surface area contributed by atoms with Gasteiger partial charge in [0.15, 0.2) is 5.82 Å². The number of benzene rings is 1. The Morgan fingerprint density at radius 1 is 0.943 bits per heavy atom. The fourth-order valence-electron chi connectivity index (χ4n) is 4.45. The number of nitrogens with zero attached hydrogens (tertiary/aromatic N) is 7. The van der Waals surface area contributed by atoms with Crippen LogP contribution in [-0.4, -0.2) is 67.1 Å². The molecular weight excluding hydrogens is 442 g/mol. The molecule has 180 valence electrons. The van der Waals surface area contributed by atoms with Crippen molar-refractivity contribution in [2.75, 3.05) is 26.8 Å². The Labute approximate surface area is 204 Å². The van der Waals surface area contributed by atoms with Crippen molar-refractivity contribution in [1.29, 1.82) is 0 Å². The molecule has 4 aromatic rings. The number of ether oxygens (including phenoxy) is 1. The Hall–Kier alpha value is -3.85. The summed E-state index contributed by atoms with van der Waals surface area (Å²) >= 11 is 0. The molecule has 1 aromatic carbocycles. The first-order valence-corrected chi connectivity index (χ1v) is 11.8. The standard InChI is InChI=1S/C26H29N7O2/c1-31-17-22(15-29-31)19-4-3-5-20(12-19)26-27-13-21(14-28-26)23-16-30-33(18-23)24-6-9-32(10-7-24)25(34)8-11-35-2/h3-5,12-18,24H,6-11H2,1-2H3. The molecule has 0 unspecified atom stereocenters. The third kappa shape index (κ3) is 5.14. The van der Waals surface area contributed by atoms with Crippen molar-refractivity contribution < 1.29 is 9.53 Å². The molecule has 0 spiro atoms. The lowest BCUT2D eigenvalue weighted by atomic mass is 10.0. The van der Waals surface area contributed by atoms with E-state index in [1.165, 1.54) is 0 Å². The van der Waals surface area contributed by atoms with Gasteiger partial charge >= 0.3 is 0 Å². The van der Waals surface area contributed by atoms with Crippen molar-refractivity contribution in [2.24, 2.45) is 7.05 Å². The molecule has 0 bridgehead atoms. The van der Waals surface area contributed by atoms with Crippen molar-refractivity contribution in [3.63, 3.8) is 0 Å². The molecule has 5 rings (SSSR count). The molecule has 1 fully saturated rings. The summed E-state index contributed by atoms with van der Waals surface area (Å²) in [5, 5.41) is 8.85. The third-order valence-corrected chi connectivity index (χ3v) is 6.46. The van der Waals surface area contributed by atoms with Gasteiger partial charge in [0.25, 0.3) is 0 Å². The second kappa shape index (κ2) is 10.2. The van der Waals surface area contributed by atoms with E-state index < -0.39 is 0 Å². The normalized spacial score (nSPS) is 14.4. The van der Waals surface area contributed by atoms with E-state index in [0.717, 1.165) is 53.7 Å². The zero-order chi connectivity index (χ0) is 24.2. The molecule has 1 aliphatic rings. The third-order valence-electron chi connectivity index (χ3n) is 6.46. The number of amides is 1. The van der Waals surface area contributed by atoms with Crippen LogP contribution in [0.15, 0.2) is 61.4 Å². The number of likely N-dealkylation sites (tertiary alicyclic amines) is 1. The SMILES string of the molecule is COCCC(=O)N1CCC(n2cc(-c3cnc(-c4cccc(-c5cnn(C)c5)c4)nc3)cn2)CC1. The average Bonchev–Trinajstić information content (AvgIpc) is 3.57. The molecule has 9 nitrogen and oxygen atoms in total. The maximum Gasteiger partial charge on any atom is 0.224 e. The van der Waals surface area contributed by atoms with Gasteiger partial charge in [0, 0.05) is 74.3 Å². The van der Waals surface area contributed by atoms with Crippen LogP contribution in [0.3, 0.4) is 0 Å². The molecule has 3 aromatic heterocycles. The molecule has 0 N–H and O–H groups in total. The lowest BCUT2D eigenvalue weighted by molar-refractivity contribution is -0.133. The van der Waals surface area contributed by atoms with E-state index in [0.29, 0.717) is 18.9 Å². The van der Waals surface area contributed by atoms with Crippen molar-refractivity contribution in [3.8, 4) is 33.6 Å². The quantitative estimate of drug-likeness (QED) is 0.409. The lowest BCUT2D eigenvalue weighted by Crippen LogP contribution is -2.39. The first kappa shape index (κ1) is 22.9. The minimum absolute atomic E-state index is 0.162. The average molecular weight is 472 g/mol. The number of carbonyl (C=O) groups excluding carboxylic acids is 1. The van der Waals surface area contributed by atoms with Gasteiger partial charge in [-0.1, -0.05) is 18.2 Å². The zero-order valence-electron chi connectivity index (χ0n) is 20.0. The summed E-state index contributed by atoms with van der Waals surface area (Å²) in [7, 11) is 3.53. The van der Waals surface area contributed by atoms with E-state index in [-0.39, 0.29) is 11.9 Å². The Kier molecular flexibility index (Phi) is 6.67. The number of aromatic nitrogens is 6. The van der Waals surface area contributed by atoms with Crippen LogP contribution in [-0.2, 0) is 16.6 Å². The number of rotatable bonds is 7. The molecule has 0 aliphatic carbocycles. The van der Waals surface area contributed by atoms with Gasteiger partial charge in [-0.05, 0) is 24.5 Å². The van der Waals surface area contributed by atoms with Crippen molar-refractivity contribution in [3.05, 3.63) is 61.4 Å². The van der Waals surface area contributed by atoms with E-state index in [9.17, 15) is 4.79 Å². The summed E-state index contributed by atoms with van der Waals surface area (Å²) in [6.45, 7) is 1.97. The molecule has 35 heavy (non-hydrogen) atoms.